The van der Waals surface area contributed by atoms with E-state index in [0.717, 1.165) is 36.6 Å². The van der Waals surface area contributed by atoms with Crippen molar-refractivity contribution < 1.29 is 9.53 Å². The molecule has 8 heteroatoms. The van der Waals surface area contributed by atoms with E-state index in [1.165, 1.54) is 7.11 Å². The normalized spacial score (nSPS) is 19.7. The van der Waals surface area contributed by atoms with Gasteiger partial charge in [-0.1, -0.05) is 22.4 Å². The van der Waals surface area contributed by atoms with Gasteiger partial charge in [-0.25, -0.2) is 9.79 Å². The lowest BCUT2D eigenvalue weighted by Gasteiger charge is -2.46. The van der Waals surface area contributed by atoms with Crippen LogP contribution in [0.4, 0.5) is 5.69 Å². The fourth-order valence-corrected chi connectivity index (χ4v) is 3.81. The van der Waals surface area contributed by atoms with E-state index >= 15 is 0 Å². The molecule has 0 bridgehead atoms. The number of esters is 1. The SMILES string of the molecule is COC(=O)c1cc(Br)ccc1N1C(N)=NC(N)=NC12CCCCC2. The molecule has 1 aliphatic carbocycles. The number of nitrogens with zero attached hydrogens (tertiary/aromatic N) is 3. The van der Waals surface area contributed by atoms with Gasteiger partial charge in [0.05, 0.1) is 18.4 Å². The Bertz CT molecular complexity index is 725. The number of carbonyl (C=O) groups excluding carboxylic acids is 1. The van der Waals surface area contributed by atoms with Crippen LogP contribution >= 0.6 is 15.9 Å². The molecule has 3 rings (SSSR count). The summed E-state index contributed by atoms with van der Waals surface area (Å²) in [6, 6.07) is 5.39. The summed E-state index contributed by atoms with van der Waals surface area (Å²) in [5.41, 5.74) is 12.5. The van der Waals surface area contributed by atoms with Crippen LogP contribution in [0.25, 0.3) is 0 Å². The highest BCUT2D eigenvalue weighted by molar-refractivity contribution is 9.10. The number of halogens is 1. The summed E-state index contributed by atoms with van der Waals surface area (Å²) < 4.78 is 5.70. The molecule has 0 unspecified atom stereocenters. The van der Waals surface area contributed by atoms with Gasteiger partial charge in [-0.05, 0) is 43.9 Å². The average molecular weight is 394 g/mol. The zero-order chi connectivity index (χ0) is 17.3. The summed E-state index contributed by atoms with van der Waals surface area (Å²) in [7, 11) is 1.35. The van der Waals surface area contributed by atoms with Crippen LogP contribution in [-0.4, -0.2) is 30.7 Å². The maximum atomic E-state index is 12.3. The summed E-state index contributed by atoms with van der Waals surface area (Å²) in [5.74, 6) is -0.00756. The molecular formula is C16H20BrN5O2. The van der Waals surface area contributed by atoms with Gasteiger partial charge in [-0.3, -0.25) is 4.90 Å². The van der Waals surface area contributed by atoms with Crippen LogP contribution in [0.5, 0.6) is 0 Å². The predicted octanol–water partition coefficient (Wildman–Crippen LogP) is 2.35. The van der Waals surface area contributed by atoms with E-state index in [-0.39, 0.29) is 11.9 Å². The minimum atomic E-state index is -0.592. The highest BCUT2D eigenvalue weighted by Crippen LogP contribution is 2.41. The monoisotopic (exact) mass is 393 g/mol. The molecule has 4 N–H and O–H groups in total. The van der Waals surface area contributed by atoms with Crippen LogP contribution in [0.15, 0.2) is 32.7 Å². The zero-order valence-corrected chi connectivity index (χ0v) is 15.0. The average Bonchev–Trinajstić information content (AvgIpc) is 2.55. The first-order valence-corrected chi connectivity index (χ1v) is 8.64. The van der Waals surface area contributed by atoms with Crippen molar-refractivity contribution in [2.45, 2.75) is 37.8 Å². The Morgan fingerprint density at radius 1 is 1.29 bits per heavy atom. The number of hydrogen-bond donors (Lipinski definition) is 2. The van der Waals surface area contributed by atoms with Crippen molar-refractivity contribution in [1.82, 2.24) is 0 Å². The molecule has 0 atom stereocenters. The van der Waals surface area contributed by atoms with Crippen molar-refractivity contribution in [1.29, 1.82) is 0 Å². The third kappa shape index (κ3) is 2.86. The molecule has 1 aromatic carbocycles. The Labute approximate surface area is 148 Å². The second-order valence-corrected chi connectivity index (χ2v) is 6.89. The quantitative estimate of drug-likeness (QED) is 0.749. The number of methoxy groups -OCH3 is 1. The number of nitrogens with two attached hydrogens (primary N) is 2. The van der Waals surface area contributed by atoms with Crippen molar-refractivity contribution in [3.63, 3.8) is 0 Å². The molecule has 0 aromatic heterocycles. The number of benzene rings is 1. The molecule has 1 aliphatic heterocycles. The van der Waals surface area contributed by atoms with Crippen LogP contribution in [0.3, 0.4) is 0 Å². The molecule has 0 amide bonds. The Hall–Kier alpha value is -2.09. The van der Waals surface area contributed by atoms with E-state index in [2.05, 4.69) is 25.9 Å². The first-order chi connectivity index (χ1) is 11.5. The van der Waals surface area contributed by atoms with E-state index in [4.69, 9.17) is 16.2 Å². The predicted molar refractivity (Wildman–Crippen MR) is 97.0 cm³/mol. The first-order valence-electron chi connectivity index (χ1n) is 7.84. The lowest BCUT2D eigenvalue weighted by molar-refractivity contribution is 0.0601. The largest absolute Gasteiger partial charge is 0.465 e. The van der Waals surface area contributed by atoms with Gasteiger partial charge in [0, 0.05) is 4.47 Å². The number of guanidine groups is 2. The van der Waals surface area contributed by atoms with Crippen molar-refractivity contribution in [2.24, 2.45) is 21.5 Å². The van der Waals surface area contributed by atoms with Gasteiger partial charge < -0.3 is 16.2 Å². The standard InChI is InChI=1S/C16H20BrN5O2/c1-24-13(23)11-9-10(17)5-6-12(11)22-15(19)20-14(18)21-16(22)7-3-2-4-8-16/h5-6,9H,2-4,7-8H2,1H3,(H4,18,19,20,21). The summed E-state index contributed by atoms with van der Waals surface area (Å²) >= 11 is 3.39. The van der Waals surface area contributed by atoms with Crippen molar-refractivity contribution >= 4 is 39.5 Å². The van der Waals surface area contributed by atoms with E-state index < -0.39 is 11.6 Å². The lowest BCUT2D eigenvalue weighted by atomic mass is 9.87. The van der Waals surface area contributed by atoms with Crippen molar-refractivity contribution in [3.05, 3.63) is 28.2 Å². The molecule has 7 nitrogen and oxygen atoms in total. The van der Waals surface area contributed by atoms with Gasteiger partial charge in [0.25, 0.3) is 0 Å². The molecule has 0 radical (unpaired) electrons. The molecule has 1 aromatic rings. The number of rotatable bonds is 2. The van der Waals surface area contributed by atoms with Crippen molar-refractivity contribution in [2.75, 3.05) is 12.0 Å². The lowest BCUT2D eigenvalue weighted by Crippen LogP contribution is -2.58. The van der Waals surface area contributed by atoms with Gasteiger partial charge in [-0.15, -0.1) is 0 Å². The number of ether oxygens (including phenoxy) is 1. The Morgan fingerprint density at radius 3 is 2.67 bits per heavy atom. The van der Waals surface area contributed by atoms with E-state index in [9.17, 15) is 4.79 Å². The molecule has 1 fully saturated rings. The van der Waals surface area contributed by atoms with Crippen LogP contribution in [-0.2, 0) is 4.74 Å². The van der Waals surface area contributed by atoms with E-state index in [1.54, 1.807) is 6.07 Å². The Balaban J connectivity index is 2.16. The molecule has 2 aliphatic rings. The number of aliphatic imine (C=N–C) groups is 2. The second kappa shape index (κ2) is 6.43. The number of carbonyl (C=O) groups is 1. The summed E-state index contributed by atoms with van der Waals surface area (Å²) in [4.78, 5) is 22.8. The number of hydrogen-bond acceptors (Lipinski definition) is 7. The van der Waals surface area contributed by atoms with Crippen LogP contribution < -0.4 is 16.4 Å². The summed E-state index contributed by atoms with van der Waals surface area (Å²) in [6.45, 7) is 0. The van der Waals surface area contributed by atoms with Gasteiger partial charge in [0.15, 0.2) is 0 Å². The molecule has 0 saturated heterocycles. The van der Waals surface area contributed by atoms with Gasteiger partial charge in [0.2, 0.25) is 11.9 Å². The highest BCUT2D eigenvalue weighted by atomic mass is 79.9. The minimum absolute atomic E-state index is 0.183. The molecule has 1 heterocycles. The van der Waals surface area contributed by atoms with Gasteiger partial charge in [-0.2, -0.15) is 4.99 Å². The first kappa shape index (κ1) is 16.8. The molecular weight excluding hydrogens is 374 g/mol. The van der Waals surface area contributed by atoms with Crippen LogP contribution in [0.2, 0.25) is 0 Å². The fourth-order valence-electron chi connectivity index (χ4n) is 3.45. The third-order valence-electron chi connectivity index (χ3n) is 4.46. The maximum absolute atomic E-state index is 12.3. The van der Waals surface area contributed by atoms with Crippen LogP contribution in [0, 0.1) is 0 Å². The summed E-state index contributed by atoms with van der Waals surface area (Å²) in [5, 5.41) is 0. The van der Waals surface area contributed by atoms with Crippen LogP contribution in [0.1, 0.15) is 42.5 Å². The van der Waals surface area contributed by atoms with E-state index in [1.807, 2.05) is 17.0 Å². The third-order valence-corrected chi connectivity index (χ3v) is 4.95. The van der Waals surface area contributed by atoms with Gasteiger partial charge >= 0.3 is 5.97 Å². The molecule has 128 valence electrons. The molecule has 1 spiro atoms. The van der Waals surface area contributed by atoms with Gasteiger partial charge in [0.1, 0.15) is 5.66 Å². The summed E-state index contributed by atoms with van der Waals surface area (Å²) in [6.07, 6.45) is 4.79. The second-order valence-electron chi connectivity index (χ2n) is 5.97. The fraction of sp³-hybridized carbons (Fsp3) is 0.438. The highest BCUT2D eigenvalue weighted by Gasteiger charge is 2.43. The maximum Gasteiger partial charge on any atom is 0.340 e. The Morgan fingerprint density at radius 2 is 2.00 bits per heavy atom. The smallest absolute Gasteiger partial charge is 0.340 e. The topological polar surface area (TPSA) is 106 Å². The molecule has 24 heavy (non-hydrogen) atoms. The molecule has 1 saturated carbocycles. The Kier molecular flexibility index (Phi) is 4.49. The van der Waals surface area contributed by atoms with E-state index in [0.29, 0.717) is 11.3 Å². The number of anilines is 1. The zero-order valence-electron chi connectivity index (χ0n) is 13.5. The van der Waals surface area contributed by atoms with Crippen molar-refractivity contribution in [3.8, 4) is 0 Å². The minimum Gasteiger partial charge on any atom is -0.465 e.